The molecule has 0 bridgehead atoms. The predicted molar refractivity (Wildman–Crippen MR) is 106 cm³/mol. The molecule has 0 atom stereocenters. The van der Waals surface area contributed by atoms with Gasteiger partial charge in [-0.25, -0.2) is 4.98 Å². The minimum absolute atomic E-state index is 0.178. The number of hydrogen-bond donors (Lipinski definition) is 1. The van der Waals surface area contributed by atoms with Crippen molar-refractivity contribution in [1.29, 1.82) is 0 Å². The lowest BCUT2D eigenvalue weighted by molar-refractivity contribution is 0.112. The molecule has 4 heteroatoms. The lowest BCUT2D eigenvalue weighted by Crippen LogP contribution is -2.07. The third kappa shape index (κ3) is 3.30. The van der Waals surface area contributed by atoms with Crippen LogP contribution in [-0.4, -0.2) is 16.3 Å². The van der Waals surface area contributed by atoms with Crippen molar-refractivity contribution in [3.05, 3.63) is 95.0 Å². The fourth-order valence-corrected chi connectivity index (χ4v) is 2.78. The van der Waals surface area contributed by atoms with Crippen molar-refractivity contribution < 1.29 is 4.79 Å². The number of hydrogen-bond acceptors (Lipinski definition) is 3. The highest BCUT2D eigenvalue weighted by Gasteiger charge is 2.13. The zero-order valence-electron chi connectivity index (χ0n) is 14.4. The average molecular weight is 342 g/mol. The van der Waals surface area contributed by atoms with E-state index in [1.807, 2.05) is 43.4 Å². The molecule has 0 saturated heterocycles. The van der Waals surface area contributed by atoms with Gasteiger partial charge < -0.3 is 4.98 Å². The highest BCUT2D eigenvalue weighted by Crippen LogP contribution is 2.30. The van der Waals surface area contributed by atoms with E-state index in [0.717, 1.165) is 28.7 Å². The first-order valence-corrected chi connectivity index (χ1v) is 8.21. The predicted octanol–water partition coefficient (Wildman–Crippen LogP) is 4.55. The third-order valence-electron chi connectivity index (χ3n) is 4.11. The summed E-state index contributed by atoms with van der Waals surface area (Å²) in [5.41, 5.74) is 4.44. The number of carbonyl (C=O) groups is 1. The van der Waals surface area contributed by atoms with Crippen LogP contribution in [0.4, 0.5) is 0 Å². The van der Waals surface area contributed by atoms with Crippen LogP contribution in [0.5, 0.6) is 0 Å². The standard InChI is InChI=1S/C22H18N2O2/c1-3-5-6-16(4-2)18-13-19-20(11-12-23-22(19)26)24-21(18)17-9-7-15(14-25)8-10-17/h3-14H,1H2,2H3,(H,23,26)/b6-5-,16-4+. The number of nitrogens with zero attached hydrogens (tertiary/aromatic N) is 1. The van der Waals surface area contributed by atoms with Crippen LogP contribution in [0.3, 0.4) is 0 Å². The van der Waals surface area contributed by atoms with Crippen molar-refractivity contribution >= 4 is 22.8 Å². The summed E-state index contributed by atoms with van der Waals surface area (Å²) in [5.74, 6) is 0. The summed E-state index contributed by atoms with van der Waals surface area (Å²) in [6, 6.07) is 10.9. The molecule has 2 aromatic heterocycles. The molecule has 128 valence electrons. The zero-order valence-corrected chi connectivity index (χ0v) is 14.4. The van der Waals surface area contributed by atoms with Crippen molar-refractivity contribution in [2.75, 3.05) is 0 Å². The van der Waals surface area contributed by atoms with E-state index >= 15 is 0 Å². The maximum Gasteiger partial charge on any atom is 0.257 e. The van der Waals surface area contributed by atoms with Gasteiger partial charge in [-0.2, -0.15) is 0 Å². The molecule has 3 aromatic rings. The number of rotatable bonds is 5. The summed E-state index contributed by atoms with van der Waals surface area (Å²) >= 11 is 0. The molecule has 0 saturated carbocycles. The Hall–Kier alpha value is -3.53. The Kier molecular flexibility index (Phi) is 5.04. The second-order valence-electron chi connectivity index (χ2n) is 5.70. The number of aromatic nitrogens is 2. The summed E-state index contributed by atoms with van der Waals surface area (Å²) in [6.45, 7) is 5.64. The number of aldehydes is 1. The zero-order chi connectivity index (χ0) is 18.5. The summed E-state index contributed by atoms with van der Waals surface area (Å²) in [7, 11) is 0. The minimum atomic E-state index is -0.178. The van der Waals surface area contributed by atoms with Crippen LogP contribution >= 0.6 is 0 Å². The molecule has 0 aliphatic rings. The van der Waals surface area contributed by atoms with Gasteiger partial charge in [0.05, 0.1) is 16.6 Å². The Balaban J connectivity index is 2.32. The molecule has 26 heavy (non-hydrogen) atoms. The maximum absolute atomic E-state index is 12.2. The molecule has 2 heterocycles. The van der Waals surface area contributed by atoms with Crippen LogP contribution < -0.4 is 5.56 Å². The first-order valence-electron chi connectivity index (χ1n) is 8.21. The normalized spacial score (nSPS) is 11.8. The molecule has 0 fully saturated rings. The third-order valence-corrected chi connectivity index (χ3v) is 4.11. The lowest BCUT2D eigenvalue weighted by Gasteiger charge is -2.12. The fourth-order valence-electron chi connectivity index (χ4n) is 2.78. The van der Waals surface area contributed by atoms with Crippen molar-refractivity contribution in [3.63, 3.8) is 0 Å². The Morgan fingerprint density at radius 3 is 2.62 bits per heavy atom. The van der Waals surface area contributed by atoms with Crippen LogP contribution in [0.1, 0.15) is 22.8 Å². The Morgan fingerprint density at radius 2 is 1.96 bits per heavy atom. The maximum atomic E-state index is 12.2. The summed E-state index contributed by atoms with van der Waals surface area (Å²) in [4.78, 5) is 30.5. The number of H-pyrrole nitrogens is 1. The number of fused-ring (bicyclic) bond motifs is 1. The molecule has 0 spiro atoms. The molecular formula is C22H18N2O2. The van der Waals surface area contributed by atoms with Crippen molar-refractivity contribution in [2.45, 2.75) is 6.92 Å². The first kappa shape index (κ1) is 17.3. The number of carbonyl (C=O) groups excluding carboxylic acids is 1. The van der Waals surface area contributed by atoms with Crippen molar-refractivity contribution in [1.82, 2.24) is 9.97 Å². The van der Waals surface area contributed by atoms with Crippen LogP contribution in [0.25, 0.3) is 27.7 Å². The van der Waals surface area contributed by atoms with Crippen LogP contribution in [0.15, 0.2) is 78.3 Å². The molecule has 1 N–H and O–H groups in total. The minimum Gasteiger partial charge on any atom is -0.328 e. The van der Waals surface area contributed by atoms with E-state index in [1.165, 1.54) is 0 Å². The van der Waals surface area contributed by atoms with Crippen LogP contribution in [0.2, 0.25) is 0 Å². The van der Waals surface area contributed by atoms with E-state index < -0.39 is 0 Å². The van der Waals surface area contributed by atoms with Gasteiger partial charge in [0.25, 0.3) is 5.56 Å². The van der Waals surface area contributed by atoms with Gasteiger partial charge in [0.1, 0.15) is 6.29 Å². The molecular weight excluding hydrogens is 324 g/mol. The number of pyridine rings is 2. The highest BCUT2D eigenvalue weighted by molar-refractivity contribution is 5.91. The topological polar surface area (TPSA) is 62.8 Å². The molecule has 0 unspecified atom stereocenters. The summed E-state index contributed by atoms with van der Waals surface area (Å²) in [5, 5.41) is 0.530. The summed E-state index contributed by atoms with van der Waals surface area (Å²) in [6.07, 6.45) is 9.82. The van der Waals surface area contributed by atoms with E-state index in [4.69, 9.17) is 4.98 Å². The Morgan fingerprint density at radius 1 is 1.19 bits per heavy atom. The summed E-state index contributed by atoms with van der Waals surface area (Å²) < 4.78 is 0. The van der Waals surface area contributed by atoms with E-state index in [9.17, 15) is 9.59 Å². The lowest BCUT2D eigenvalue weighted by atomic mass is 9.96. The molecule has 1 aromatic carbocycles. The second kappa shape index (κ2) is 7.57. The van der Waals surface area contributed by atoms with E-state index in [-0.39, 0.29) is 5.56 Å². The van der Waals surface area contributed by atoms with Gasteiger partial charge in [-0.05, 0) is 24.6 Å². The highest BCUT2D eigenvalue weighted by atomic mass is 16.1. The smallest absolute Gasteiger partial charge is 0.257 e. The van der Waals surface area contributed by atoms with Gasteiger partial charge in [0, 0.05) is 22.9 Å². The molecule has 0 radical (unpaired) electrons. The molecule has 4 nitrogen and oxygen atoms in total. The van der Waals surface area contributed by atoms with Gasteiger partial charge in [-0.1, -0.05) is 55.1 Å². The van der Waals surface area contributed by atoms with Gasteiger partial charge in [-0.15, -0.1) is 0 Å². The Bertz CT molecular complexity index is 1090. The molecule has 0 amide bonds. The van der Waals surface area contributed by atoms with Gasteiger partial charge in [0.2, 0.25) is 0 Å². The van der Waals surface area contributed by atoms with Gasteiger partial charge >= 0.3 is 0 Å². The second-order valence-corrected chi connectivity index (χ2v) is 5.70. The monoisotopic (exact) mass is 342 g/mol. The fraction of sp³-hybridized carbons (Fsp3) is 0.0455. The van der Waals surface area contributed by atoms with E-state index in [2.05, 4.69) is 11.6 Å². The quantitative estimate of drug-likeness (QED) is 0.546. The Labute approximate surface area is 151 Å². The van der Waals surface area contributed by atoms with E-state index in [0.29, 0.717) is 16.5 Å². The van der Waals surface area contributed by atoms with Crippen molar-refractivity contribution in [2.24, 2.45) is 0 Å². The number of allylic oxidation sites excluding steroid dienone is 5. The van der Waals surface area contributed by atoms with Crippen LogP contribution in [-0.2, 0) is 0 Å². The van der Waals surface area contributed by atoms with Gasteiger partial charge in [-0.3, -0.25) is 9.59 Å². The average Bonchev–Trinajstić information content (AvgIpc) is 2.68. The molecule has 3 rings (SSSR count). The van der Waals surface area contributed by atoms with Gasteiger partial charge in [0.15, 0.2) is 0 Å². The molecule has 0 aliphatic heterocycles. The number of benzene rings is 1. The first-order chi connectivity index (χ1) is 12.7. The van der Waals surface area contributed by atoms with Crippen LogP contribution in [0, 0.1) is 0 Å². The van der Waals surface area contributed by atoms with Crippen molar-refractivity contribution in [3.8, 4) is 11.3 Å². The molecule has 0 aliphatic carbocycles. The SMILES string of the molecule is C=C/C=C\C(=C/C)c1cc2c(=O)[nH]ccc2nc1-c1ccc(C=O)cc1. The number of aromatic amines is 1. The van der Waals surface area contributed by atoms with E-state index in [1.54, 1.807) is 30.5 Å². The number of nitrogens with one attached hydrogen (secondary N) is 1. The largest absolute Gasteiger partial charge is 0.328 e.